The first-order valence-corrected chi connectivity index (χ1v) is 4.88. The van der Waals surface area contributed by atoms with Crippen LogP contribution in [0, 0.1) is 18.3 Å². The van der Waals surface area contributed by atoms with Gasteiger partial charge in [-0.25, -0.2) is 0 Å². The van der Waals surface area contributed by atoms with Gasteiger partial charge >= 0.3 is 0 Å². The van der Waals surface area contributed by atoms with Crippen molar-refractivity contribution in [2.45, 2.75) is 32.9 Å². The zero-order chi connectivity index (χ0) is 10.4. The Bertz CT molecular complexity index is 310. The van der Waals surface area contributed by atoms with Crippen molar-refractivity contribution >= 4 is 0 Å². The summed E-state index contributed by atoms with van der Waals surface area (Å²) in [6, 6.07) is 2.08. The molecule has 0 aliphatic rings. The molecule has 1 aromatic rings. The van der Waals surface area contributed by atoms with Gasteiger partial charge in [-0.05, 0) is 25.5 Å². The van der Waals surface area contributed by atoms with E-state index in [1.54, 1.807) is 10.9 Å². The van der Waals surface area contributed by atoms with Crippen LogP contribution >= 0.6 is 0 Å². The smallest absolute Gasteiger partial charge is 0.115 e. The summed E-state index contributed by atoms with van der Waals surface area (Å²) in [6.07, 6.45) is 4.78. The van der Waals surface area contributed by atoms with Crippen molar-refractivity contribution in [2.24, 2.45) is 0 Å². The number of nitrogens with zero attached hydrogens (tertiary/aromatic N) is 3. The van der Waals surface area contributed by atoms with E-state index in [4.69, 9.17) is 5.26 Å². The van der Waals surface area contributed by atoms with Gasteiger partial charge in [0.2, 0.25) is 0 Å². The molecular weight excluding hydrogens is 176 g/mol. The molecule has 14 heavy (non-hydrogen) atoms. The summed E-state index contributed by atoms with van der Waals surface area (Å²) in [6.45, 7) is 5.56. The standard InChI is InChI=1S/C10H16N4/c1-3-4-12-10(5-11)8-14-7-9(2)6-13-14/h6-7,10,12H,3-4,8H2,1-2H3. The molecule has 76 valence electrons. The molecule has 0 fully saturated rings. The maximum Gasteiger partial charge on any atom is 0.115 e. The van der Waals surface area contributed by atoms with Gasteiger partial charge in [0, 0.05) is 6.20 Å². The Kier molecular flexibility index (Phi) is 4.14. The van der Waals surface area contributed by atoms with Crippen LogP contribution in [0.4, 0.5) is 0 Å². The predicted molar refractivity (Wildman–Crippen MR) is 54.7 cm³/mol. The third-order valence-corrected chi connectivity index (χ3v) is 1.93. The van der Waals surface area contributed by atoms with E-state index in [1.807, 2.05) is 13.1 Å². The monoisotopic (exact) mass is 192 g/mol. The van der Waals surface area contributed by atoms with Gasteiger partial charge in [-0.15, -0.1) is 0 Å². The molecule has 0 amide bonds. The molecule has 0 radical (unpaired) electrons. The van der Waals surface area contributed by atoms with Crippen LogP contribution in [-0.4, -0.2) is 22.4 Å². The quantitative estimate of drug-likeness (QED) is 0.759. The minimum atomic E-state index is -0.144. The fourth-order valence-corrected chi connectivity index (χ4v) is 1.22. The molecule has 1 N–H and O–H groups in total. The van der Waals surface area contributed by atoms with Crippen LogP contribution in [0.5, 0.6) is 0 Å². The fraction of sp³-hybridized carbons (Fsp3) is 0.600. The number of aromatic nitrogens is 2. The normalized spacial score (nSPS) is 12.4. The molecule has 4 heteroatoms. The predicted octanol–water partition coefficient (Wildman–Crippen LogP) is 1.08. The maximum atomic E-state index is 8.87. The SMILES string of the molecule is CCCNC(C#N)Cn1cc(C)cn1. The summed E-state index contributed by atoms with van der Waals surface area (Å²) in [7, 11) is 0. The Hall–Kier alpha value is -1.34. The van der Waals surface area contributed by atoms with Crippen LogP contribution in [0.15, 0.2) is 12.4 Å². The Morgan fingerprint density at radius 2 is 2.50 bits per heavy atom. The molecule has 0 aliphatic heterocycles. The Morgan fingerprint density at radius 1 is 1.71 bits per heavy atom. The average molecular weight is 192 g/mol. The Morgan fingerprint density at radius 3 is 3.00 bits per heavy atom. The topological polar surface area (TPSA) is 53.6 Å². The molecule has 0 bridgehead atoms. The van der Waals surface area contributed by atoms with E-state index in [0.29, 0.717) is 6.54 Å². The van der Waals surface area contributed by atoms with Gasteiger partial charge in [0.05, 0.1) is 18.8 Å². The van der Waals surface area contributed by atoms with E-state index >= 15 is 0 Å². The first-order valence-electron chi connectivity index (χ1n) is 4.88. The lowest BCUT2D eigenvalue weighted by Gasteiger charge is -2.10. The van der Waals surface area contributed by atoms with E-state index < -0.39 is 0 Å². The third-order valence-electron chi connectivity index (χ3n) is 1.93. The van der Waals surface area contributed by atoms with Crippen molar-refractivity contribution in [1.82, 2.24) is 15.1 Å². The van der Waals surface area contributed by atoms with Crippen molar-refractivity contribution in [3.63, 3.8) is 0 Å². The van der Waals surface area contributed by atoms with Crippen LogP contribution in [0.2, 0.25) is 0 Å². The zero-order valence-corrected chi connectivity index (χ0v) is 8.70. The molecule has 1 aromatic heterocycles. The van der Waals surface area contributed by atoms with E-state index in [1.165, 1.54) is 0 Å². The minimum Gasteiger partial charge on any atom is -0.300 e. The molecule has 0 aliphatic carbocycles. The van der Waals surface area contributed by atoms with Crippen molar-refractivity contribution in [3.05, 3.63) is 18.0 Å². The molecule has 0 saturated carbocycles. The number of nitriles is 1. The van der Waals surface area contributed by atoms with Gasteiger partial charge in [-0.2, -0.15) is 10.4 Å². The zero-order valence-electron chi connectivity index (χ0n) is 8.70. The molecule has 1 rings (SSSR count). The summed E-state index contributed by atoms with van der Waals surface area (Å²) in [4.78, 5) is 0. The van der Waals surface area contributed by atoms with Crippen LogP contribution in [0.3, 0.4) is 0 Å². The first kappa shape index (κ1) is 10.7. The van der Waals surface area contributed by atoms with Gasteiger partial charge in [0.25, 0.3) is 0 Å². The van der Waals surface area contributed by atoms with Gasteiger partial charge in [0.1, 0.15) is 6.04 Å². The molecule has 0 spiro atoms. The number of aryl methyl sites for hydroxylation is 1. The second kappa shape index (κ2) is 5.40. The minimum absolute atomic E-state index is 0.144. The van der Waals surface area contributed by atoms with Crippen LogP contribution in [0.1, 0.15) is 18.9 Å². The second-order valence-corrected chi connectivity index (χ2v) is 3.38. The molecule has 1 atom stereocenters. The third kappa shape index (κ3) is 3.19. The molecular formula is C10H16N4. The lowest BCUT2D eigenvalue weighted by Crippen LogP contribution is -2.32. The fourth-order valence-electron chi connectivity index (χ4n) is 1.22. The highest BCUT2D eigenvalue weighted by molar-refractivity contribution is 5.00. The summed E-state index contributed by atoms with van der Waals surface area (Å²) >= 11 is 0. The molecule has 1 heterocycles. The number of hydrogen-bond donors (Lipinski definition) is 1. The highest BCUT2D eigenvalue weighted by Gasteiger charge is 2.06. The van der Waals surface area contributed by atoms with E-state index in [-0.39, 0.29) is 6.04 Å². The number of hydrogen-bond acceptors (Lipinski definition) is 3. The van der Waals surface area contributed by atoms with Crippen LogP contribution < -0.4 is 5.32 Å². The van der Waals surface area contributed by atoms with Gasteiger partial charge in [-0.1, -0.05) is 6.92 Å². The second-order valence-electron chi connectivity index (χ2n) is 3.38. The summed E-state index contributed by atoms with van der Waals surface area (Å²) in [5.41, 5.74) is 1.12. The van der Waals surface area contributed by atoms with E-state index in [9.17, 15) is 0 Å². The van der Waals surface area contributed by atoms with Gasteiger partial charge in [-0.3, -0.25) is 4.68 Å². The van der Waals surface area contributed by atoms with Crippen LogP contribution in [0.25, 0.3) is 0 Å². The van der Waals surface area contributed by atoms with E-state index in [2.05, 4.69) is 23.4 Å². The summed E-state index contributed by atoms with van der Waals surface area (Å²) in [5.74, 6) is 0. The van der Waals surface area contributed by atoms with E-state index in [0.717, 1.165) is 18.5 Å². The molecule has 1 unspecified atom stereocenters. The van der Waals surface area contributed by atoms with Crippen molar-refractivity contribution in [1.29, 1.82) is 5.26 Å². The summed E-state index contributed by atoms with van der Waals surface area (Å²) < 4.78 is 1.80. The average Bonchev–Trinajstić information content (AvgIpc) is 2.58. The maximum absolute atomic E-state index is 8.87. The Labute approximate surface area is 84.5 Å². The van der Waals surface area contributed by atoms with Crippen molar-refractivity contribution < 1.29 is 0 Å². The molecule has 0 aromatic carbocycles. The van der Waals surface area contributed by atoms with Crippen molar-refractivity contribution in [3.8, 4) is 6.07 Å². The largest absolute Gasteiger partial charge is 0.300 e. The first-order chi connectivity index (χ1) is 6.76. The van der Waals surface area contributed by atoms with Gasteiger partial charge < -0.3 is 5.32 Å². The van der Waals surface area contributed by atoms with Crippen LogP contribution in [-0.2, 0) is 6.54 Å². The highest BCUT2D eigenvalue weighted by atomic mass is 15.3. The molecule has 0 saturated heterocycles. The lowest BCUT2D eigenvalue weighted by molar-refractivity contribution is 0.490. The lowest BCUT2D eigenvalue weighted by atomic mass is 10.3. The number of nitrogens with one attached hydrogen (secondary N) is 1. The molecule has 4 nitrogen and oxygen atoms in total. The number of rotatable bonds is 5. The Balaban J connectivity index is 2.45. The summed E-state index contributed by atoms with van der Waals surface area (Å²) in [5, 5.41) is 16.2. The van der Waals surface area contributed by atoms with Crippen molar-refractivity contribution in [2.75, 3.05) is 6.54 Å². The van der Waals surface area contributed by atoms with Gasteiger partial charge in [0.15, 0.2) is 0 Å². The highest BCUT2D eigenvalue weighted by Crippen LogP contribution is 1.96.